The van der Waals surface area contributed by atoms with Crippen molar-refractivity contribution >= 4 is 38.9 Å². The third kappa shape index (κ3) is 4.98. The highest BCUT2D eigenvalue weighted by Gasteiger charge is 2.15. The Morgan fingerprint density at radius 3 is 1.26 bits per heavy atom. The van der Waals surface area contributed by atoms with Crippen LogP contribution in [0.25, 0.3) is 49.7 Å². The molecule has 0 aliphatic rings. The second-order valence-corrected chi connectivity index (χ2v) is 11.4. The summed E-state index contributed by atoms with van der Waals surface area (Å²) in [6.07, 6.45) is 0. The molecule has 0 fully saturated rings. The van der Waals surface area contributed by atoms with Crippen LogP contribution in [0.1, 0.15) is 0 Å². The molecular weight excluding hydrogens is 560 g/mol. The van der Waals surface area contributed by atoms with E-state index >= 15 is 0 Å². The molecule has 220 valence electrons. The van der Waals surface area contributed by atoms with Gasteiger partial charge in [-0.3, -0.25) is 0 Å². The van der Waals surface area contributed by atoms with Crippen molar-refractivity contribution in [2.24, 2.45) is 0 Å². The van der Waals surface area contributed by atoms with E-state index in [4.69, 9.17) is 4.74 Å². The molecule has 0 aliphatic heterocycles. The minimum absolute atomic E-state index is 0.836. The van der Waals surface area contributed by atoms with E-state index in [9.17, 15) is 0 Å². The lowest BCUT2D eigenvalue weighted by Gasteiger charge is -2.26. The molecule has 7 aromatic carbocycles. The molecule has 0 saturated heterocycles. The Morgan fingerprint density at radius 2 is 0.783 bits per heavy atom. The highest BCUT2D eigenvalue weighted by atomic mass is 16.5. The Kier molecular flexibility index (Phi) is 7.05. The molecule has 0 radical (unpaired) electrons. The van der Waals surface area contributed by atoms with Gasteiger partial charge in [-0.2, -0.15) is 0 Å². The van der Waals surface area contributed by atoms with Crippen LogP contribution in [0, 0.1) is 0 Å². The molecule has 0 amide bonds. The number of benzene rings is 7. The predicted octanol–water partition coefficient (Wildman–Crippen LogP) is 11.6. The lowest BCUT2D eigenvalue weighted by molar-refractivity contribution is 0.415. The summed E-state index contributed by atoms with van der Waals surface area (Å²) in [6, 6.07) is 62.4. The normalized spacial score (nSPS) is 11.2. The van der Waals surface area contributed by atoms with Gasteiger partial charge in [0.15, 0.2) is 0 Å². The van der Waals surface area contributed by atoms with Crippen LogP contribution in [-0.2, 0) is 0 Å². The van der Waals surface area contributed by atoms with Crippen LogP contribution in [0.4, 0.5) is 17.1 Å². The number of fused-ring (bicyclic) bond motifs is 3. The molecule has 0 unspecified atom stereocenters. The predicted molar refractivity (Wildman–Crippen MR) is 193 cm³/mol. The van der Waals surface area contributed by atoms with Gasteiger partial charge < -0.3 is 14.2 Å². The Bertz CT molecular complexity index is 2200. The molecule has 0 spiro atoms. The van der Waals surface area contributed by atoms with Crippen LogP contribution in [0.2, 0.25) is 0 Å². The van der Waals surface area contributed by atoms with Crippen molar-refractivity contribution in [3.05, 3.63) is 176 Å². The molecule has 3 heteroatoms. The molecule has 0 atom stereocenters. The fraction of sp³-hybridized carbons (Fsp3) is 0.0233. The molecule has 8 rings (SSSR count). The summed E-state index contributed by atoms with van der Waals surface area (Å²) in [7, 11) is 1.70. The zero-order valence-electron chi connectivity index (χ0n) is 25.5. The minimum atomic E-state index is 0.836. The molecule has 0 bridgehead atoms. The van der Waals surface area contributed by atoms with Crippen molar-refractivity contribution in [2.75, 3.05) is 12.0 Å². The first-order valence-corrected chi connectivity index (χ1v) is 15.6. The fourth-order valence-electron chi connectivity index (χ4n) is 6.42. The van der Waals surface area contributed by atoms with Gasteiger partial charge in [0.1, 0.15) is 5.75 Å². The molecule has 46 heavy (non-hydrogen) atoms. The Balaban J connectivity index is 1.13. The van der Waals surface area contributed by atoms with Gasteiger partial charge in [-0.15, -0.1) is 0 Å². The van der Waals surface area contributed by atoms with Gasteiger partial charge in [-0.05, 0) is 95.1 Å². The van der Waals surface area contributed by atoms with E-state index in [1.54, 1.807) is 7.11 Å². The SMILES string of the molecule is COc1ccc(N(c2ccc(-c3ccccc3)cc2)c2ccc(-c3ccc(-n4c5ccccc5c5ccccc54)cc3)cc2)cc1. The molecule has 8 aromatic rings. The maximum Gasteiger partial charge on any atom is 0.119 e. The molecule has 0 aliphatic carbocycles. The first-order chi connectivity index (χ1) is 22.8. The summed E-state index contributed by atoms with van der Waals surface area (Å²) in [6.45, 7) is 0. The van der Waals surface area contributed by atoms with E-state index < -0.39 is 0 Å². The monoisotopic (exact) mass is 592 g/mol. The molecule has 0 N–H and O–H groups in total. The lowest BCUT2D eigenvalue weighted by Crippen LogP contribution is -2.09. The van der Waals surface area contributed by atoms with E-state index in [0.717, 1.165) is 28.5 Å². The number of para-hydroxylation sites is 2. The van der Waals surface area contributed by atoms with Crippen molar-refractivity contribution < 1.29 is 4.74 Å². The number of nitrogens with zero attached hydrogens (tertiary/aromatic N) is 2. The molecule has 1 heterocycles. The van der Waals surface area contributed by atoms with Crippen LogP contribution in [0.5, 0.6) is 5.75 Å². The van der Waals surface area contributed by atoms with Gasteiger partial charge in [0.2, 0.25) is 0 Å². The number of aromatic nitrogens is 1. The van der Waals surface area contributed by atoms with E-state index in [1.165, 1.54) is 44.1 Å². The Labute approximate surface area is 269 Å². The number of rotatable bonds is 7. The van der Waals surface area contributed by atoms with E-state index in [2.05, 4.69) is 167 Å². The molecular formula is C43H32N2O. The number of anilines is 3. The number of hydrogen-bond donors (Lipinski definition) is 0. The molecule has 1 aromatic heterocycles. The quantitative estimate of drug-likeness (QED) is 0.183. The van der Waals surface area contributed by atoms with Crippen molar-refractivity contribution in [3.63, 3.8) is 0 Å². The Morgan fingerprint density at radius 1 is 0.391 bits per heavy atom. The van der Waals surface area contributed by atoms with Crippen molar-refractivity contribution in [2.45, 2.75) is 0 Å². The van der Waals surface area contributed by atoms with E-state index in [-0.39, 0.29) is 0 Å². The smallest absolute Gasteiger partial charge is 0.119 e. The third-order valence-corrected chi connectivity index (χ3v) is 8.73. The van der Waals surface area contributed by atoms with Crippen molar-refractivity contribution in [1.82, 2.24) is 4.57 Å². The highest BCUT2D eigenvalue weighted by Crippen LogP contribution is 2.38. The van der Waals surface area contributed by atoms with Crippen LogP contribution < -0.4 is 9.64 Å². The minimum Gasteiger partial charge on any atom is -0.497 e. The van der Waals surface area contributed by atoms with E-state index in [1.807, 2.05) is 18.2 Å². The third-order valence-electron chi connectivity index (χ3n) is 8.73. The first kappa shape index (κ1) is 27.5. The largest absolute Gasteiger partial charge is 0.497 e. The maximum absolute atomic E-state index is 5.44. The zero-order valence-corrected chi connectivity index (χ0v) is 25.5. The van der Waals surface area contributed by atoms with Crippen LogP contribution >= 0.6 is 0 Å². The lowest BCUT2D eigenvalue weighted by atomic mass is 10.0. The highest BCUT2D eigenvalue weighted by molar-refractivity contribution is 6.09. The second-order valence-electron chi connectivity index (χ2n) is 11.4. The topological polar surface area (TPSA) is 17.4 Å². The van der Waals surface area contributed by atoms with E-state index in [0.29, 0.717) is 0 Å². The molecule has 3 nitrogen and oxygen atoms in total. The van der Waals surface area contributed by atoms with Gasteiger partial charge >= 0.3 is 0 Å². The van der Waals surface area contributed by atoms with Crippen LogP contribution in [-0.4, -0.2) is 11.7 Å². The molecule has 0 saturated carbocycles. The van der Waals surface area contributed by atoms with Gasteiger partial charge in [-0.1, -0.05) is 103 Å². The van der Waals surface area contributed by atoms with Gasteiger partial charge in [0, 0.05) is 33.5 Å². The summed E-state index contributed by atoms with van der Waals surface area (Å²) in [4.78, 5) is 2.28. The average Bonchev–Trinajstić information content (AvgIpc) is 3.47. The van der Waals surface area contributed by atoms with Gasteiger partial charge in [0.05, 0.1) is 18.1 Å². The second kappa shape index (κ2) is 11.8. The fourth-order valence-corrected chi connectivity index (χ4v) is 6.42. The standard InChI is InChI=1S/C43H32N2O/c1-46-39-29-27-37(28-30-39)44(35-21-15-32(16-22-35)31-9-3-2-4-10-31)36-23-17-33(18-24-36)34-19-25-38(26-20-34)45-42-13-7-5-11-40(42)41-12-6-8-14-43(41)45/h2-30H,1H3. The van der Waals surface area contributed by atoms with Crippen LogP contribution in [0.3, 0.4) is 0 Å². The summed E-state index contributed by atoms with van der Waals surface area (Å²) in [5, 5.41) is 2.54. The maximum atomic E-state index is 5.44. The Hall–Kier alpha value is -6.06. The zero-order chi connectivity index (χ0) is 30.9. The summed E-state index contributed by atoms with van der Waals surface area (Å²) < 4.78 is 7.80. The van der Waals surface area contributed by atoms with Gasteiger partial charge in [-0.25, -0.2) is 0 Å². The van der Waals surface area contributed by atoms with Crippen molar-refractivity contribution in [1.29, 1.82) is 0 Å². The van der Waals surface area contributed by atoms with Gasteiger partial charge in [0.25, 0.3) is 0 Å². The van der Waals surface area contributed by atoms with Crippen molar-refractivity contribution in [3.8, 4) is 33.7 Å². The van der Waals surface area contributed by atoms with Crippen LogP contribution in [0.15, 0.2) is 176 Å². The number of hydrogen-bond acceptors (Lipinski definition) is 2. The summed E-state index contributed by atoms with van der Waals surface area (Å²) >= 11 is 0. The number of methoxy groups -OCH3 is 1. The summed E-state index contributed by atoms with van der Waals surface area (Å²) in [5.74, 6) is 0.836. The summed E-state index contributed by atoms with van der Waals surface area (Å²) in [5.41, 5.74) is 11.6. The average molecular weight is 593 g/mol. The number of ether oxygens (including phenoxy) is 1. The first-order valence-electron chi connectivity index (χ1n) is 15.6.